The van der Waals surface area contributed by atoms with Crippen LogP contribution in [0.1, 0.15) is 32.1 Å². The minimum Gasteiger partial charge on any atom is -0.378 e. The second-order valence-electron chi connectivity index (χ2n) is 3.74. The topological polar surface area (TPSA) is 64.4 Å². The van der Waals surface area contributed by atoms with E-state index in [-0.39, 0.29) is 5.91 Å². The van der Waals surface area contributed by atoms with E-state index in [2.05, 4.69) is 5.32 Å². The molecule has 1 aliphatic rings. The summed E-state index contributed by atoms with van der Waals surface area (Å²) in [4.78, 5) is 10.4. The monoisotopic (exact) mass is 200 g/mol. The predicted molar refractivity (Wildman–Crippen MR) is 54.9 cm³/mol. The van der Waals surface area contributed by atoms with E-state index in [4.69, 9.17) is 10.5 Å². The summed E-state index contributed by atoms with van der Waals surface area (Å²) < 4.78 is 5.50. The Morgan fingerprint density at radius 1 is 1.50 bits per heavy atom. The van der Waals surface area contributed by atoms with Crippen molar-refractivity contribution in [2.75, 3.05) is 19.7 Å². The van der Waals surface area contributed by atoms with E-state index in [1.807, 2.05) is 0 Å². The highest BCUT2D eigenvalue weighted by Gasteiger charge is 2.14. The number of ether oxygens (including phenoxy) is 1. The molecule has 0 saturated carbocycles. The van der Waals surface area contributed by atoms with E-state index in [1.54, 1.807) is 0 Å². The number of primary amides is 1. The van der Waals surface area contributed by atoms with Crippen molar-refractivity contribution in [3.63, 3.8) is 0 Å². The van der Waals surface area contributed by atoms with Gasteiger partial charge in [0.2, 0.25) is 5.91 Å². The number of carbonyl (C=O) groups is 1. The molecular weight excluding hydrogens is 180 g/mol. The molecule has 0 bridgehead atoms. The first-order valence-electron chi connectivity index (χ1n) is 5.39. The lowest BCUT2D eigenvalue weighted by Crippen LogP contribution is -2.23. The zero-order chi connectivity index (χ0) is 10.2. The van der Waals surface area contributed by atoms with Gasteiger partial charge in [-0.05, 0) is 32.2 Å². The first kappa shape index (κ1) is 11.5. The van der Waals surface area contributed by atoms with E-state index in [9.17, 15) is 4.79 Å². The molecule has 4 nitrogen and oxygen atoms in total. The minimum atomic E-state index is -0.239. The van der Waals surface area contributed by atoms with Crippen molar-refractivity contribution in [2.45, 2.75) is 38.2 Å². The molecule has 4 heteroatoms. The molecule has 1 rings (SSSR count). The fourth-order valence-electron chi connectivity index (χ4n) is 1.66. The van der Waals surface area contributed by atoms with Gasteiger partial charge >= 0.3 is 0 Å². The Labute approximate surface area is 85.2 Å². The van der Waals surface area contributed by atoms with E-state index in [0.717, 1.165) is 26.0 Å². The Morgan fingerprint density at radius 3 is 3.00 bits per heavy atom. The molecule has 3 N–H and O–H groups in total. The molecule has 1 aliphatic heterocycles. The second-order valence-corrected chi connectivity index (χ2v) is 3.74. The SMILES string of the molecule is NC(=O)CCNCCCC1CCCO1. The minimum absolute atomic E-state index is 0.239. The molecule has 1 atom stereocenters. The number of rotatable bonds is 7. The number of nitrogens with one attached hydrogen (secondary N) is 1. The van der Waals surface area contributed by atoms with Crippen molar-refractivity contribution in [2.24, 2.45) is 5.73 Å². The largest absolute Gasteiger partial charge is 0.378 e. The summed E-state index contributed by atoms with van der Waals surface area (Å²) in [6.07, 6.45) is 5.57. The summed E-state index contributed by atoms with van der Waals surface area (Å²) in [5, 5.41) is 3.18. The highest BCUT2D eigenvalue weighted by Crippen LogP contribution is 2.16. The van der Waals surface area contributed by atoms with Gasteiger partial charge in [-0.25, -0.2) is 0 Å². The standard InChI is InChI=1S/C10H20N2O2/c11-10(13)5-7-12-6-1-3-9-4-2-8-14-9/h9,12H,1-8H2,(H2,11,13). The maximum atomic E-state index is 10.4. The Bertz CT molecular complexity index is 168. The Hall–Kier alpha value is -0.610. The molecule has 0 aliphatic carbocycles. The number of carbonyl (C=O) groups excluding carboxylic acids is 1. The zero-order valence-electron chi connectivity index (χ0n) is 8.63. The summed E-state index contributed by atoms with van der Waals surface area (Å²) in [7, 11) is 0. The van der Waals surface area contributed by atoms with Gasteiger partial charge in [0.25, 0.3) is 0 Å². The normalized spacial score (nSPS) is 21.3. The maximum absolute atomic E-state index is 10.4. The van der Waals surface area contributed by atoms with E-state index < -0.39 is 0 Å². The van der Waals surface area contributed by atoms with Crippen molar-refractivity contribution >= 4 is 5.91 Å². The fourth-order valence-corrected chi connectivity index (χ4v) is 1.66. The van der Waals surface area contributed by atoms with Gasteiger partial charge in [-0.2, -0.15) is 0 Å². The molecule has 0 aromatic rings. The van der Waals surface area contributed by atoms with Crippen LogP contribution in [0.4, 0.5) is 0 Å². The van der Waals surface area contributed by atoms with Crippen molar-refractivity contribution in [3.05, 3.63) is 0 Å². The van der Waals surface area contributed by atoms with Crippen LogP contribution in [0.3, 0.4) is 0 Å². The molecule has 1 saturated heterocycles. The van der Waals surface area contributed by atoms with Crippen LogP contribution in [0.15, 0.2) is 0 Å². The predicted octanol–water partition coefficient (Wildman–Crippen LogP) is 0.411. The average molecular weight is 200 g/mol. The zero-order valence-corrected chi connectivity index (χ0v) is 8.63. The molecule has 0 radical (unpaired) electrons. The third-order valence-corrected chi connectivity index (χ3v) is 2.45. The molecule has 0 spiro atoms. The van der Waals surface area contributed by atoms with Crippen molar-refractivity contribution in [1.82, 2.24) is 5.32 Å². The quantitative estimate of drug-likeness (QED) is 0.585. The smallest absolute Gasteiger partial charge is 0.218 e. The van der Waals surface area contributed by atoms with Crippen LogP contribution in [0, 0.1) is 0 Å². The van der Waals surface area contributed by atoms with Crippen molar-refractivity contribution in [3.8, 4) is 0 Å². The highest BCUT2D eigenvalue weighted by atomic mass is 16.5. The van der Waals surface area contributed by atoms with E-state index in [0.29, 0.717) is 19.1 Å². The van der Waals surface area contributed by atoms with Crippen LogP contribution in [0.5, 0.6) is 0 Å². The van der Waals surface area contributed by atoms with Gasteiger partial charge in [-0.15, -0.1) is 0 Å². The van der Waals surface area contributed by atoms with Crippen LogP contribution in [0.25, 0.3) is 0 Å². The summed E-state index contributed by atoms with van der Waals surface area (Å²) >= 11 is 0. The lowest BCUT2D eigenvalue weighted by molar-refractivity contribution is -0.117. The molecule has 82 valence electrons. The molecule has 1 unspecified atom stereocenters. The van der Waals surface area contributed by atoms with Gasteiger partial charge in [-0.3, -0.25) is 4.79 Å². The van der Waals surface area contributed by atoms with Crippen LogP contribution in [0.2, 0.25) is 0 Å². The molecule has 1 fully saturated rings. The Morgan fingerprint density at radius 2 is 2.36 bits per heavy atom. The van der Waals surface area contributed by atoms with E-state index >= 15 is 0 Å². The van der Waals surface area contributed by atoms with Gasteiger partial charge < -0.3 is 15.8 Å². The highest BCUT2D eigenvalue weighted by molar-refractivity contribution is 5.73. The molecule has 1 heterocycles. The number of nitrogens with two attached hydrogens (primary N) is 1. The summed E-state index contributed by atoms with van der Waals surface area (Å²) in [6.45, 7) is 2.58. The maximum Gasteiger partial charge on any atom is 0.218 e. The number of hydrogen-bond donors (Lipinski definition) is 2. The van der Waals surface area contributed by atoms with Gasteiger partial charge in [-0.1, -0.05) is 0 Å². The van der Waals surface area contributed by atoms with Gasteiger partial charge in [0.1, 0.15) is 0 Å². The van der Waals surface area contributed by atoms with Crippen LogP contribution in [-0.2, 0) is 9.53 Å². The lowest BCUT2D eigenvalue weighted by Gasteiger charge is -2.08. The fraction of sp³-hybridized carbons (Fsp3) is 0.900. The lowest BCUT2D eigenvalue weighted by atomic mass is 10.1. The summed E-state index contributed by atoms with van der Waals surface area (Å²) in [6, 6.07) is 0. The number of hydrogen-bond acceptors (Lipinski definition) is 3. The first-order chi connectivity index (χ1) is 6.79. The van der Waals surface area contributed by atoms with Crippen molar-refractivity contribution in [1.29, 1.82) is 0 Å². The Kier molecular flexibility index (Phi) is 5.56. The average Bonchev–Trinajstić information content (AvgIpc) is 2.63. The van der Waals surface area contributed by atoms with E-state index in [1.165, 1.54) is 12.8 Å². The second kappa shape index (κ2) is 6.79. The molecule has 1 amide bonds. The molecule has 0 aromatic carbocycles. The summed E-state index contributed by atoms with van der Waals surface area (Å²) in [5.41, 5.74) is 5.01. The Balaban J connectivity index is 1.82. The van der Waals surface area contributed by atoms with Crippen LogP contribution in [-0.4, -0.2) is 31.7 Å². The first-order valence-corrected chi connectivity index (χ1v) is 5.39. The van der Waals surface area contributed by atoms with Crippen LogP contribution < -0.4 is 11.1 Å². The van der Waals surface area contributed by atoms with Gasteiger partial charge in [0, 0.05) is 19.6 Å². The van der Waals surface area contributed by atoms with Crippen molar-refractivity contribution < 1.29 is 9.53 Å². The van der Waals surface area contributed by atoms with Crippen LogP contribution >= 0.6 is 0 Å². The van der Waals surface area contributed by atoms with Gasteiger partial charge in [0.05, 0.1) is 6.10 Å². The molecule has 14 heavy (non-hydrogen) atoms. The third kappa shape index (κ3) is 5.19. The number of amides is 1. The molecular formula is C10H20N2O2. The van der Waals surface area contributed by atoms with Gasteiger partial charge in [0.15, 0.2) is 0 Å². The third-order valence-electron chi connectivity index (χ3n) is 2.45. The molecule has 0 aromatic heterocycles. The summed E-state index contributed by atoms with van der Waals surface area (Å²) in [5.74, 6) is -0.239.